The molecule has 2 saturated heterocycles. The first-order valence-corrected chi connectivity index (χ1v) is 9.99. The minimum atomic E-state index is -1.11. The third-order valence-electron chi connectivity index (χ3n) is 5.52. The van der Waals surface area contributed by atoms with Crippen molar-refractivity contribution in [2.45, 2.75) is 43.7 Å². The van der Waals surface area contributed by atoms with Gasteiger partial charge in [-0.2, -0.15) is 0 Å². The minimum Gasteiger partial charge on any atom is -0.477 e. The van der Waals surface area contributed by atoms with Gasteiger partial charge in [0.05, 0.1) is 24.6 Å². The summed E-state index contributed by atoms with van der Waals surface area (Å²) in [6, 6.07) is -0.187. The molecule has 3 aliphatic heterocycles. The Balaban J connectivity index is 1.68. The maximum absolute atomic E-state index is 12.4. The van der Waals surface area contributed by atoms with Gasteiger partial charge in [-0.25, -0.2) is 4.79 Å². The zero-order valence-corrected chi connectivity index (χ0v) is 16.2. The maximum atomic E-state index is 12.4. The van der Waals surface area contributed by atoms with E-state index in [2.05, 4.69) is 10.6 Å². The van der Waals surface area contributed by atoms with Gasteiger partial charge < -0.3 is 31.5 Å². The lowest BCUT2D eigenvalue weighted by molar-refractivity contribution is -0.163. The van der Waals surface area contributed by atoms with Gasteiger partial charge >= 0.3 is 5.97 Å². The monoisotopic (exact) mass is 398 g/mol. The van der Waals surface area contributed by atoms with E-state index in [1.54, 1.807) is 6.92 Å². The van der Waals surface area contributed by atoms with Crippen molar-refractivity contribution in [3.8, 4) is 0 Å². The van der Waals surface area contributed by atoms with Crippen molar-refractivity contribution in [2.24, 2.45) is 17.6 Å². The van der Waals surface area contributed by atoms with E-state index in [4.69, 9.17) is 5.73 Å². The number of thioether (sulfide) groups is 1. The average Bonchev–Trinajstić information content (AvgIpc) is 3.14. The van der Waals surface area contributed by atoms with Crippen LogP contribution in [0.15, 0.2) is 10.6 Å². The fraction of sp³-hybridized carbons (Fsp3) is 0.706. The van der Waals surface area contributed by atoms with Crippen LogP contribution in [0.5, 0.6) is 0 Å². The van der Waals surface area contributed by atoms with Gasteiger partial charge in [0, 0.05) is 35.2 Å². The number of nitrogens with two attached hydrogens (primary N) is 1. The molecule has 0 unspecified atom stereocenters. The maximum Gasteiger partial charge on any atom is 0.353 e. The van der Waals surface area contributed by atoms with Crippen LogP contribution in [0, 0.1) is 11.8 Å². The molecule has 27 heavy (non-hydrogen) atoms. The van der Waals surface area contributed by atoms with E-state index >= 15 is 0 Å². The Morgan fingerprint density at radius 2 is 2.19 bits per heavy atom. The summed E-state index contributed by atoms with van der Waals surface area (Å²) in [6.07, 6.45) is -0.0267. The number of β-lactam (4-membered cyclic amide) rings is 1. The van der Waals surface area contributed by atoms with E-state index < -0.39 is 18.0 Å². The summed E-state index contributed by atoms with van der Waals surface area (Å²) in [5, 5.41) is 25.8. The van der Waals surface area contributed by atoms with Crippen molar-refractivity contribution in [1.82, 2.24) is 15.5 Å². The van der Waals surface area contributed by atoms with E-state index in [-0.39, 0.29) is 47.3 Å². The molecule has 2 amide bonds. The van der Waals surface area contributed by atoms with Gasteiger partial charge in [0.2, 0.25) is 11.8 Å². The number of nitrogens with zero attached hydrogens (tertiary/aromatic N) is 1. The van der Waals surface area contributed by atoms with E-state index in [9.17, 15) is 24.6 Å². The number of hydrogen-bond donors (Lipinski definition) is 5. The minimum absolute atomic E-state index is 0.0486. The number of carboxylic acid groups (broad SMARTS) is 1. The Hall–Kier alpha value is -1.62. The van der Waals surface area contributed by atoms with E-state index in [0.29, 0.717) is 18.0 Å². The molecule has 0 bridgehead atoms. The number of amides is 2. The predicted octanol–water partition coefficient (Wildman–Crippen LogP) is -1.32. The first kappa shape index (κ1) is 20.1. The van der Waals surface area contributed by atoms with Gasteiger partial charge in [-0.15, -0.1) is 11.8 Å². The molecule has 9 nitrogen and oxygen atoms in total. The molecular weight excluding hydrogens is 372 g/mol. The van der Waals surface area contributed by atoms with Gasteiger partial charge in [0.15, 0.2) is 0 Å². The Labute approximate surface area is 161 Å². The zero-order valence-electron chi connectivity index (χ0n) is 15.3. The van der Waals surface area contributed by atoms with Crippen LogP contribution < -0.4 is 16.4 Å². The Bertz CT molecular complexity index is 682. The Kier molecular flexibility index (Phi) is 5.80. The summed E-state index contributed by atoms with van der Waals surface area (Å²) in [6.45, 7) is 4.60. The van der Waals surface area contributed by atoms with Crippen LogP contribution in [-0.2, 0) is 14.4 Å². The first-order chi connectivity index (χ1) is 12.8. The van der Waals surface area contributed by atoms with E-state index in [0.717, 1.165) is 6.42 Å². The van der Waals surface area contributed by atoms with Gasteiger partial charge in [-0.05, 0) is 13.3 Å². The first-order valence-electron chi connectivity index (χ1n) is 9.11. The summed E-state index contributed by atoms with van der Waals surface area (Å²) in [4.78, 5) is 37.5. The molecule has 2 fully saturated rings. The third kappa shape index (κ3) is 3.58. The summed E-state index contributed by atoms with van der Waals surface area (Å²) < 4.78 is 0. The lowest BCUT2D eigenvalue weighted by atomic mass is 9.79. The molecular formula is C17H26N4O5S. The van der Waals surface area contributed by atoms with Crippen LogP contribution in [0.25, 0.3) is 0 Å². The van der Waals surface area contributed by atoms with E-state index in [1.165, 1.54) is 16.7 Å². The second-order valence-corrected chi connectivity index (χ2v) is 8.70. The molecule has 6 atom stereocenters. The van der Waals surface area contributed by atoms with Crippen molar-refractivity contribution in [2.75, 3.05) is 19.6 Å². The molecule has 0 aromatic rings. The number of fused-ring (bicyclic) bond motifs is 1. The Morgan fingerprint density at radius 3 is 2.78 bits per heavy atom. The summed E-state index contributed by atoms with van der Waals surface area (Å²) in [7, 11) is 0. The SMILES string of the molecule is C[C@@H](O)[C@H]1C(=O)N2C(C(=O)O)=C(S[C@@H]3CN[C@H](CNC(=O)CN)C3)[C@H](C)[C@H]12. The van der Waals surface area contributed by atoms with E-state index in [1.807, 2.05) is 6.92 Å². The number of aliphatic carboxylic acids is 1. The van der Waals surface area contributed by atoms with Crippen molar-refractivity contribution in [1.29, 1.82) is 0 Å². The molecule has 0 aromatic heterocycles. The highest BCUT2D eigenvalue weighted by atomic mass is 32.2. The van der Waals surface area contributed by atoms with Gasteiger partial charge in [0.1, 0.15) is 5.70 Å². The van der Waals surface area contributed by atoms with Crippen LogP contribution in [0.1, 0.15) is 20.3 Å². The van der Waals surface area contributed by atoms with Crippen molar-refractivity contribution < 1.29 is 24.6 Å². The predicted molar refractivity (Wildman–Crippen MR) is 99.5 cm³/mol. The quantitative estimate of drug-likeness (QED) is 0.332. The summed E-state index contributed by atoms with van der Waals surface area (Å²) in [5.41, 5.74) is 5.33. The number of carbonyl (C=O) groups is 3. The lowest BCUT2D eigenvalue weighted by Gasteiger charge is -2.46. The second kappa shape index (κ2) is 7.78. The van der Waals surface area contributed by atoms with Crippen LogP contribution in [-0.4, -0.2) is 76.0 Å². The van der Waals surface area contributed by atoms with Crippen LogP contribution in [0.2, 0.25) is 0 Å². The fourth-order valence-corrected chi connectivity index (χ4v) is 5.71. The smallest absolute Gasteiger partial charge is 0.353 e. The molecule has 3 heterocycles. The second-order valence-electron chi connectivity index (χ2n) is 7.36. The van der Waals surface area contributed by atoms with Gasteiger partial charge in [-0.3, -0.25) is 9.59 Å². The Morgan fingerprint density at radius 1 is 1.48 bits per heavy atom. The number of nitrogens with one attached hydrogen (secondary N) is 2. The lowest BCUT2D eigenvalue weighted by Crippen LogP contribution is -2.63. The number of aliphatic hydroxyl groups excluding tert-OH is 1. The number of carbonyl (C=O) groups excluding carboxylic acids is 2. The van der Waals surface area contributed by atoms with Gasteiger partial charge in [-0.1, -0.05) is 6.92 Å². The standard InChI is InChI=1S/C17H26N4O5S/c1-7-13-12(8(2)22)16(24)21(13)14(17(25)26)15(7)27-10-3-9(19-6-10)5-20-11(23)4-18/h7-10,12-13,19,22H,3-6,18H2,1-2H3,(H,20,23)(H,25,26)/t7-,8-,9+,10+,12-,13-/m1/s1. The molecule has 3 rings (SSSR count). The third-order valence-corrected chi connectivity index (χ3v) is 7.03. The van der Waals surface area contributed by atoms with Crippen molar-refractivity contribution in [3.63, 3.8) is 0 Å². The molecule has 6 N–H and O–H groups in total. The molecule has 0 spiro atoms. The molecule has 0 aromatic carbocycles. The molecule has 0 saturated carbocycles. The van der Waals surface area contributed by atoms with Crippen molar-refractivity contribution >= 4 is 29.5 Å². The molecule has 0 radical (unpaired) electrons. The number of carboxylic acids is 1. The highest BCUT2D eigenvalue weighted by Crippen LogP contribution is 2.51. The highest BCUT2D eigenvalue weighted by molar-refractivity contribution is 8.03. The highest BCUT2D eigenvalue weighted by Gasteiger charge is 2.60. The molecule has 0 aliphatic carbocycles. The number of rotatable bonds is 7. The average molecular weight is 398 g/mol. The summed E-state index contributed by atoms with van der Waals surface area (Å²) >= 11 is 1.49. The van der Waals surface area contributed by atoms with Crippen LogP contribution in [0.3, 0.4) is 0 Å². The zero-order chi connectivity index (χ0) is 19.9. The fourth-order valence-electron chi connectivity index (χ4n) is 4.19. The van der Waals surface area contributed by atoms with Crippen LogP contribution >= 0.6 is 11.8 Å². The molecule has 10 heteroatoms. The van der Waals surface area contributed by atoms with Crippen LogP contribution in [0.4, 0.5) is 0 Å². The number of aliphatic hydroxyl groups is 1. The van der Waals surface area contributed by atoms with Crippen molar-refractivity contribution in [3.05, 3.63) is 10.6 Å². The molecule has 150 valence electrons. The van der Waals surface area contributed by atoms with Gasteiger partial charge in [0.25, 0.3) is 0 Å². The number of hydrogen-bond acceptors (Lipinski definition) is 7. The topological polar surface area (TPSA) is 145 Å². The largest absolute Gasteiger partial charge is 0.477 e. The molecule has 3 aliphatic rings. The normalized spacial score (nSPS) is 33.7. The summed E-state index contributed by atoms with van der Waals surface area (Å²) in [5.74, 6) is -2.31.